The average Bonchev–Trinajstić information content (AvgIpc) is 2.59. The van der Waals surface area contributed by atoms with E-state index in [1.807, 2.05) is 18.2 Å². The molecule has 0 aliphatic rings. The summed E-state index contributed by atoms with van der Waals surface area (Å²) in [5, 5.41) is 9.16. The molecular weight excluding hydrogens is 284 g/mol. The molecule has 0 aromatic heterocycles. The first kappa shape index (κ1) is 15.9. The molecule has 2 aromatic carbocycles. The molecule has 1 atom stereocenters. The molecule has 0 spiro atoms. The molecule has 2 aromatic rings. The van der Waals surface area contributed by atoms with Crippen molar-refractivity contribution in [2.24, 2.45) is 0 Å². The zero-order valence-corrected chi connectivity index (χ0v) is 12.5. The van der Waals surface area contributed by atoms with Gasteiger partial charge in [0.15, 0.2) is 11.5 Å². The van der Waals surface area contributed by atoms with Gasteiger partial charge in [-0.3, -0.25) is 0 Å². The van der Waals surface area contributed by atoms with Crippen LogP contribution in [0.2, 0.25) is 0 Å². The number of carbonyl (C=O) groups is 1. The second-order valence-electron chi connectivity index (χ2n) is 4.58. The lowest BCUT2D eigenvalue weighted by atomic mass is 10.1. The van der Waals surface area contributed by atoms with Crippen molar-refractivity contribution in [3.05, 3.63) is 59.7 Å². The van der Waals surface area contributed by atoms with E-state index in [-0.39, 0.29) is 6.61 Å². The van der Waals surface area contributed by atoms with Crippen molar-refractivity contribution < 1.29 is 24.1 Å². The Balaban J connectivity index is 2.33. The van der Waals surface area contributed by atoms with Crippen LogP contribution in [0.4, 0.5) is 0 Å². The summed E-state index contributed by atoms with van der Waals surface area (Å²) < 4.78 is 15.9. The molecule has 0 bridgehead atoms. The minimum atomic E-state index is -0.889. The Morgan fingerprint density at radius 3 is 2.41 bits per heavy atom. The fourth-order valence-corrected chi connectivity index (χ4v) is 2.02. The Morgan fingerprint density at radius 1 is 1.09 bits per heavy atom. The molecule has 22 heavy (non-hydrogen) atoms. The average molecular weight is 302 g/mol. The normalized spacial score (nSPS) is 11.6. The SMILES string of the molecule is COC(=O)C(Oc1ccc(CO)cc1OC)c1ccccc1. The highest BCUT2D eigenvalue weighted by Gasteiger charge is 2.24. The number of rotatable bonds is 6. The summed E-state index contributed by atoms with van der Waals surface area (Å²) in [6.07, 6.45) is -0.889. The molecular formula is C17H18O5. The van der Waals surface area contributed by atoms with E-state index in [2.05, 4.69) is 0 Å². The summed E-state index contributed by atoms with van der Waals surface area (Å²) in [5.41, 5.74) is 1.38. The Labute approximate surface area is 129 Å². The summed E-state index contributed by atoms with van der Waals surface area (Å²) in [5.74, 6) is 0.342. The number of methoxy groups -OCH3 is 2. The Morgan fingerprint density at radius 2 is 1.82 bits per heavy atom. The van der Waals surface area contributed by atoms with E-state index < -0.39 is 12.1 Å². The summed E-state index contributed by atoms with van der Waals surface area (Å²) in [7, 11) is 2.81. The fraction of sp³-hybridized carbons (Fsp3) is 0.235. The quantitative estimate of drug-likeness (QED) is 0.830. The number of aliphatic hydroxyl groups is 1. The molecule has 0 heterocycles. The van der Waals surface area contributed by atoms with Crippen molar-refractivity contribution in [3.63, 3.8) is 0 Å². The van der Waals surface area contributed by atoms with Crippen molar-refractivity contribution in [2.75, 3.05) is 14.2 Å². The van der Waals surface area contributed by atoms with Gasteiger partial charge < -0.3 is 19.3 Å². The molecule has 5 heteroatoms. The summed E-state index contributed by atoms with van der Waals surface area (Å²) in [6.45, 7) is -0.101. The van der Waals surface area contributed by atoms with Crippen molar-refractivity contribution in [1.82, 2.24) is 0 Å². The molecule has 0 saturated carbocycles. The van der Waals surface area contributed by atoms with Crippen molar-refractivity contribution in [2.45, 2.75) is 12.7 Å². The van der Waals surface area contributed by atoms with Gasteiger partial charge in [-0.05, 0) is 17.7 Å². The van der Waals surface area contributed by atoms with Gasteiger partial charge in [-0.25, -0.2) is 4.79 Å². The molecule has 0 saturated heterocycles. The summed E-state index contributed by atoms with van der Waals surface area (Å²) in [6, 6.07) is 14.1. The zero-order valence-electron chi connectivity index (χ0n) is 12.5. The van der Waals surface area contributed by atoms with Gasteiger partial charge in [-0.2, -0.15) is 0 Å². The third-order valence-electron chi connectivity index (χ3n) is 3.17. The van der Waals surface area contributed by atoms with E-state index in [1.165, 1.54) is 14.2 Å². The lowest BCUT2D eigenvalue weighted by Gasteiger charge is -2.19. The van der Waals surface area contributed by atoms with Gasteiger partial charge in [0.2, 0.25) is 6.10 Å². The van der Waals surface area contributed by atoms with E-state index in [9.17, 15) is 4.79 Å². The van der Waals surface area contributed by atoms with Crippen LogP contribution in [0.5, 0.6) is 11.5 Å². The first-order valence-corrected chi connectivity index (χ1v) is 6.76. The zero-order chi connectivity index (χ0) is 15.9. The maximum Gasteiger partial charge on any atom is 0.351 e. The first-order valence-electron chi connectivity index (χ1n) is 6.76. The lowest BCUT2D eigenvalue weighted by molar-refractivity contribution is -0.149. The van der Waals surface area contributed by atoms with Crippen LogP contribution in [0.3, 0.4) is 0 Å². The summed E-state index contributed by atoms with van der Waals surface area (Å²) in [4.78, 5) is 12.0. The van der Waals surface area contributed by atoms with Gasteiger partial charge in [0, 0.05) is 5.56 Å². The third kappa shape index (κ3) is 3.56. The second-order valence-corrected chi connectivity index (χ2v) is 4.58. The van der Waals surface area contributed by atoms with Crippen molar-refractivity contribution in [1.29, 1.82) is 0 Å². The maximum atomic E-state index is 12.0. The Kier molecular flexibility index (Phi) is 5.38. The number of benzene rings is 2. The van der Waals surface area contributed by atoms with Crippen LogP contribution in [0.1, 0.15) is 17.2 Å². The second kappa shape index (κ2) is 7.47. The molecule has 1 N–H and O–H groups in total. The van der Waals surface area contributed by atoms with Crippen LogP contribution in [0.25, 0.3) is 0 Å². The van der Waals surface area contributed by atoms with Gasteiger partial charge >= 0.3 is 5.97 Å². The minimum Gasteiger partial charge on any atom is -0.493 e. The van der Waals surface area contributed by atoms with E-state index in [1.54, 1.807) is 30.3 Å². The van der Waals surface area contributed by atoms with Crippen LogP contribution in [0, 0.1) is 0 Å². The van der Waals surface area contributed by atoms with Crippen molar-refractivity contribution in [3.8, 4) is 11.5 Å². The topological polar surface area (TPSA) is 65.0 Å². The van der Waals surface area contributed by atoms with Crippen LogP contribution in [-0.4, -0.2) is 25.3 Å². The molecule has 0 amide bonds. The lowest BCUT2D eigenvalue weighted by Crippen LogP contribution is -2.20. The van der Waals surface area contributed by atoms with Crippen LogP contribution >= 0.6 is 0 Å². The fourth-order valence-electron chi connectivity index (χ4n) is 2.02. The van der Waals surface area contributed by atoms with Gasteiger partial charge in [0.05, 0.1) is 20.8 Å². The van der Waals surface area contributed by atoms with Crippen LogP contribution in [-0.2, 0) is 16.1 Å². The Hall–Kier alpha value is -2.53. The van der Waals surface area contributed by atoms with Gasteiger partial charge in [-0.1, -0.05) is 36.4 Å². The maximum absolute atomic E-state index is 12.0. The monoisotopic (exact) mass is 302 g/mol. The highest BCUT2D eigenvalue weighted by atomic mass is 16.6. The molecule has 0 radical (unpaired) electrons. The third-order valence-corrected chi connectivity index (χ3v) is 3.17. The molecule has 0 aliphatic heterocycles. The molecule has 0 aliphatic carbocycles. The smallest absolute Gasteiger partial charge is 0.351 e. The number of carbonyl (C=O) groups excluding carboxylic acids is 1. The first-order chi connectivity index (χ1) is 10.7. The van der Waals surface area contributed by atoms with Crippen LogP contribution < -0.4 is 9.47 Å². The highest BCUT2D eigenvalue weighted by molar-refractivity contribution is 5.77. The molecule has 0 fully saturated rings. The van der Waals surface area contributed by atoms with Gasteiger partial charge in [0.25, 0.3) is 0 Å². The summed E-state index contributed by atoms with van der Waals surface area (Å²) >= 11 is 0. The van der Waals surface area contributed by atoms with Crippen LogP contribution in [0.15, 0.2) is 48.5 Å². The van der Waals surface area contributed by atoms with Gasteiger partial charge in [-0.15, -0.1) is 0 Å². The largest absolute Gasteiger partial charge is 0.493 e. The number of aliphatic hydroxyl groups excluding tert-OH is 1. The van der Waals surface area contributed by atoms with E-state index in [4.69, 9.17) is 19.3 Å². The van der Waals surface area contributed by atoms with E-state index in [0.717, 1.165) is 0 Å². The van der Waals surface area contributed by atoms with E-state index in [0.29, 0.717) is 22.6 Å². The standard InChI is InChI=1S/C17H18O5/c1-20-15-10-12(11-18)8-9-14(15)22-16(17(19)21-2)13-6-4-3-5-7-13/h3-10,16,18H,11H2,1-2H3. The number of esters is 1. The van der Waals surface area contributed by atoms with Gasteiger partial charge in [0.1, 0.15) is 0 Å². The number of ether oxygens (including phenoxy) is 3. The Bertz CT molecular complexity index is 624. The molecule has 5 nitrogen and oxygen atoms in total. The number of hydrogen-bond donors (Lipinski definition) is 1. The minimum absolute atomic E-state index is 0.101. The van der Waals surface area contributed by atoms with E-state index >= 15 is 0 Å². The predicted molar refractivity (Wildman–Crippen MR) is 80.7 cm³/mol. The predicted octanol–water partition coefficient (Wildman–Crippen LogP) is 2.48. The molecule has 1 unspecified atom stereocenters. The highest BCUT2D eigenvalue weighted by Crippen LogP contribution is 2.32. The van der Waals surface area contributed by atoms with Crippen molar-refractivity contribution >= 4 is 5.97 Å². The number of hydrogen-bond acceptors (Lipinski definition) is 5. The molecule has 2 rings (SSSR count). The molecule has 116 valence electrons.